The summed E-state index contributed by atoms with van der Waals surface area (Å²) in [6.45, 7) is 1.02. The lowest BCUT2D eigenvalue weighted by Crippen LogP contribution is -2.38. The summed E-state index contributed by atoms with van der Waals surface area (Å²) in [6, 6.07) is 7.43. The average molecular weight is 377 g/mol. The number of carbonyl (C=O) groups is 1. The number of sulfone groups is 1. The molecule has 1 aliphatic carbocycles. The minimum Gasteiger partial charge on any atom is -0.347 e. The molecule has 1 amide bonds. The van der Waals surface area contributed by atoms with E-state index in [0.717, 1.165) is 24.9 Å². The number of benzene rings is 1. The van der Waals surface area contributed by atoms with Gasteiger partial charge in [-0.15, -0.1) is 5.10 Å². The van der Waals surface area contributed by atoms with Gasteiger partial charge in [-0.05, 0) is 29.9 Å². The van der Waals surface area contributed by atoms with Crippen LogP contribution in [0.2, 0.25) is 0 Å². The fourth-order valence-electron chi connectivity index (χ4n) is 3.10. The quantitative estimate of drug-likeness (QED) is 0.724. The lowest BCUT2D eigenvalue weighted by atomic mass is 9.81. The van der Waals surface area contributed by atoms with E-state index in [1.165, 1.54) is 6.26 Å². The standard InChI is InChI=1S/C17H23N5O3S/c1-26(24,25)11-13-4-2-3-12(5-13)8-19-17(23)16-10-22(21-20-16)9-14-6-15(18)7-14/h2-5,10,14-15H,6-9,11,18H2,1H3,(H,19,23). The molecular formula is C17H23N5O3S. The van der Waals surface area contributed by atoms with Crippen molar-refractivity contribution in [2.75, 3.05) is 6.26 Å². The van der Waals surface area contributed by atoms with E-state index >= 15 is 0 Å². The molecule has 0 radical (unpaired) electrons. The minimum atomic E-state index is -3.09. The van der Waals surface area contributed by atoms with Crippen LogP contribution in [0.1, 0.15) is 34.5 Å². The first-order valence-corrected chi connectivity index (χ1v) is 10.5. The lowest BCUT2D eigenvalue weighted by molar-refractivity contribution is 0.0945. The maximum absolute atomic E-state index is 12.2. The molecule has 2 aromatic rings. The van der Waals surface area contributed by atoms with E-state index < -0.39 is 9.84 Å². The second-order valence-electron chi connectivity index (χ2n) is 7.00. The number of hydrogen-bond donors (Lipinski definition) is 2. The van der Waals surface area contributed by atoms with Crippen LogP contribution in [0.15, 0.2) is 30.5 Å². The first-order valence-electron chi connectivity index (χ1n) is 8.48. The number of nitrogens with one attached hydrogen (secondary N) is 1. The molecule has 140 valence electrons. The Morgan fingerprint density at radius 3 is 2.77 bits per heavy atom. The van der Waals surface area contributed by atoms with Gasteiger partial charge in [0.05, 0.1) is 11.9 Å². The molecule has 9 heteroatoms. The van der Waals surface area contributed by atoms with Crippen LogP contribution in [0.4, 0.5) is 0 Å². The Bertz CT molecular complexity index is 887. The maximum Gasteiger partial charge on any atom is 0.273 e. The van der Waals surface area contributed by atoms with Crippen molar-refractivity contribution in [3.05, 3.63) is 47.3 Å². The van der Waals surface area contributed by atoms with Crippen molar-refractivity contribution in [2.24, 2.45) is 11.7 Å². The lowest BCUT2D eigenvalue weighted by Gasteiger charge is -2.31. The summed E-state index contributed by atoms with van der Waals surface area (Å²) in [4.78, 5) is 12.2. The van der Waals surface area contributed by atoms with Gasteiger partial charge in [-0.1, -0.05) is 29.5 Å². The molecule has 0 spiro atoms. The summed E-state index contributed by atoms with van der Waals surface area (Å²) in [5, 5.41) is 10.7. The van der Waals surface area contributed by atoms with Crippen LogP contribution in [0.5, 0.6) is 0 Å². The number of rotatable bonds is 7. The Balaban J connectivity index is 1.54. The SMILES string of the molecule is CS(=O)(=O)Cc1cccc(CNC(=O)c2cn(CC3CC(N)C3)nn2)c1. The molecule has 1 saturated carbocycles. The van der Waals surface area contributed by atoms with Crippen LogP contribution >= 0.6 is 0 Å². The van der Waals surface area contributed by atoms with E-state index in [4.69, 9.17) is 5.73 Å². The van der Waals surface area contributed by atoms with E-state index in [1.54, 1.807) is 29.1 Å². The normalized spacial score (nSPS) is 19.8. The molecule has 1 heterocycles. The number of aromatic nitrogens is 3. The second-order valence-corrected chi connectivity index (χ2v) is 9.14. The first kappa shape index (κ1) is 18.5. The average Bonchev–Trinajstić information content (AvgIpc) is 2.98. The summed E-state index contributed by atoms with van der Waals surface area (Å²) >= 11 is 0. The zero-order chi connectivity index (χ0) is 18.7. The molecule has 1 aromatic heterocycles. The molecule has 1 aromatic carbocycles. The predicted octanol–water partition coefficient (Wildman–Crippen LogP) is 0.490. The van der Waals surface area contributed by atoms with Crippen LogP contribution in [0, 0.1) is 5.92 Å². The topological polar surface area (TPSA) is 120 Å². The van der Waals surface area contributed by atoms with Crippen molar-refractivity contribution in [1.29, 1.82) is 0 Å². The van der Waals surface area contributed by atoms with Gasteiger partial charge in [0.2, 0.25) is 0 Å². The molecule has 8 nitrogen and oxygen atoms in total. The molecular weight excluding hydrogens is 354 g/mol. The zero-order valence-corrected chi connectivity index (χ0v) is 15.4. The predicted molar refractivity (Wildman–Crippen MR) is 96.9 cm³/mol. The number of amides is 1. The van der Waals surface area contributed by atoms with Crippen molar-refractivity contribution in [3.63, 3.8) is 0 Å². The third kappa shape index (κ3) is 5.12. The Kier molecular flexibility index (Phi) is 5.38. The summed E-state index contributed by atoms with van der Waals surface area (Å²) in [5.41, 5.74) is 7.56. The van der Waals surface area contributed by atoms with Crippen LogP contribution < -0.4 is 11.1 Å². The van der Waals surface area contributed by atoms with Crippen LogP contribution in [-0.2, 0) is 28.7 Å². The molecule has 3 N–H and O–H groups in total. The summed E-state index contributed by atoms with van der Waals surface area (Å²) in [6.07, 6.45) is 4.79. The van der Waals surface area contributed by atoms with E-state index in [0.29, 0.717) is 18.0 Å². The second kappa shape index (κ2) is 7.55. The van der Waals surface area contributed by atoms with Gasteiger partial charge < -0.3 is 11.1 Å². The number of nitrogens with zero attached hydrogens (tertiary/aromatic N) is 3. The van der Waals surface area contributed by atoms with Gasteiger partial charge in [-0.25, -0.2) is 8.42 Å². The van der Waals surface area contributed by atoms with Gasteiger partial charge in [0, 0.05) is 25.4 Å². The zero-order valence-electron chi connectivity index (χ0n) is 14.6. The van der Waals surface area contributed by atoms with Crippen molar-refractivity contribution < 1.29 is 13.2 Å². The van der Waals surface area contributed by atoms with Gasteiger partial charge in [0.25, 0.3) is 5.91 Å². The van der Waals surface area contributed by atoms with Gasteiger partial charge in [-0.3, -0.25) is 9.48 Å². The van der Waals surface area contributed by atoms with Gasteiger partial charge in [0.15, 0.2) is 15.5 Å². The minimum absolute atomic E-state index is 0.0199. The monoisotopic (exact) mass is 377 g/mol. The van der Waals surface area contributed by atoms with E-state index in [1.807, 2.05) is 6.07 Å². The van der Waals surface area contributed by atoms with Crippen molar-refractivity contribution in [2.45, 2.75) is 37.7 Å². The summed E-state index contributed by atoms with van der Waals surface area (Å²) < 4.78 is 24.5. The number of nitrogens with two attached hydrogens (primary N) is 1. The highest BCUT2D eigenvalue weighted by Crippen LogP contribution is 2.26. The van der Waals surface area contributed by atoms with Gasteiger partial charge in [0.1, 0.15) is 0 Å². The molecule has 0 bridgehead atoms. The van der Waals surface area contributed by atoms with E-state index in [-0.39, 0.29) is 23.4 Å². The Morgan fingerprint density at radius 2 is 2.08 bits per heavy atom. The molecule has 0 saturated heterocycles. The Morgan fingerprint density at radius 1 is 1.35 bits per heavy atom. The fourth-order valence-corrected chi connectivity index (χ4v) is 3.88. The molecule has 3 rings (SSSR count). The van der Waals surface area contributed by atoms with Crippen molar-refractivity contribution in [1.82, 2.24) is 20.3 Å². The van der Waals surface area contributed by atoms with Gasteiger partial charge in [-0.2, -0.15) is 0 Å². The molecule has 0 aliphatic heterocycles. The highest BCUT2D eigenvalue weighted by Gasteiger charge is 2.26. The molecule has 26 heavy (non-hydrogen) atoms. The van der Waals surface area contributed by atoms with Gasteiger partial charge >= 0.3 is 0 Å². The fraction of sp³-hybridized carbons (Fsp3) is 0.471. The molecule has 1 fully saturated rings. The molecule has 0 unspecified atom stereocenters. The summed E-state index contributed by atoms with van der Waals surface area (Å²) in [5.74, 6) is 0.170. The van der Waals surface area contributed by atoms with Crippen molar-refractivity contribution >= 4 is 15.7 Å². The highest BCUT2D eigenvalue weighted by atomic mass is 32.2. The summed E-state index contributed by atoms with van der Waals surface area (Å²) in [7, 11) is -3.09. The molecule has 1 aliphatic rings. The number of carbonyl (C=O) groups excluding carboxylic acids is 1. The van der Waals surface area contributed by atoms with E-state index in [2.05, 4.69) is 15.6 Å². The smallest absolute Gasteiger partial charge is 0.273 e. The third-order valence-corrected chi connectivity index (χ3v) is 5.22. The Hall–Kier alpha value is -2.26. The van der Waals surface area contributed by atoms with Crippen LogP contribution in [-0.4, -0.2) is 41.6 Å². The van der Waals surface area contributed by atoms with E-state index in [9.17, 15) is 13.2 Å². The van der Waals surface area contributed by atoms with Crippen molar-refractivity contribution in [3.8, 4) is 0 Å². The molecule has 0 atom stereocenters. The highest BCUT2D eigenvalue weighted by molar-refractivity contribution is 7.89. The largest absolute Gasteiger partial charge is 0.347 e. The Labute approximate surface area is 152 Å². The third-order valence-electron chi connectivity index (χ3n) is 4.36. The number of hydrogen-bond acceptors (Lipinski definition) is 6. The van der Waals surface area contributed by atoms with Crippen LogP contribution in [0.25, 0.3) is 0 Å². The maximum atomic E-state index is 12.2. The van der Waals surface area contributed by atoms with Crippen LogP contribution in [0.3, 0.4) is 0 Å². The first-order chi connectivity index (χ1) is 12.3.